The highest BCUT2D eigenvalue weighted by Gasteiger charge is 2.22. The molecule has 150 valence electrons. The molecule has 0 aliphatic carbocycles. The van der Waals surface area contributed by atoms with E-state index in [9.17, 15) is 9.59 Å². The highest BCUT2D eigenvalue weighted by atomic mass is 16.5. The lowest BCUT2D eigenvalue weighted by Crippen LogP contribution is -2.26. The first-order chi connectivity index (χ1) is 14.0. The number of aromatic nitrogens is 1. The maximum absolute atomic E-state index is 12.7. The summed E-state index contributed by atoms with van der Waals surface area (Å²) in [6, 6.07) is 19.1. The quantitative estimate of drug-likeness (QED) is 0.572. The number of ether oxygens (including phenoxy) is 2. The monoisotopic (exact) mass is 391 g/mol. The molecule has 0 radical (unpaired) electrons. The predicted octanol–water partition coefficient (Wildman–Crippen LogP) is 3.98. The summed E-state index contributed by atoms with van der Waals surface area (Å²) in [5, 5.41) is 0. The van der Waals surface area contributed by atoms with E-state index in [0.717, 1.165) is 22.6 Å². The van der Waals surface area contributed by atoms with Crippen molar-refractivity contribution in [2.24, 2.45) is 0 Å². The van der Waals surface area contributed by atoms with Crippen LogP contribution in [0.15, 0.2) is 65.5 Å². The zero-order valence-corrected chi connectivity index (χ0v) is 17.0. The molecule has 3 rings (SSSR count). The Morgan fingerprint density at radius 3 is 2.31 bits per heavy atom. The van der Waals surface area contributed by atoms with Gasteiger partial charge in [0, 0.05) is 30.4 Å². The lowest BCUT2D eigenvalue weighted by molar-refractivity contribution is 0.0522. The van der Waals surface area contributed by atoms with Gasteiger partial charge in [0.25, 0.3) is 0 Å². The third-order valence-electron chi connectivity index (χ3n) is 4.82. The fourth-order valence-corrected chi connectivity index (χ4v) is 3.36. The van der Waals surface area contributed by atoms with Crippen LogP contribution in [0.2, 0.25) is 0 Å². The van der Waals surface area contributed by atoms with E-state index in [1.54, 1.807) is 14.0 Å². The van der Waals surface area contributed by atoms with Crippen LogP contribution >= 0.6 is 0 Å². The molecule has 0 bridgehead atoms. The van der Waals surface area contributed by atoms with Crippen molar-refractivity contribution in [2.45, 2.75) is 26.8 Å². The largest absolute Gasteiger partial charge is 0.497 e. The van der Waals surface area contributed by atoms with Crippen LogP contribution in [0.4, 0.5) is 0 Å². The van der Waals surface area contributed by atoms with Gasteiger partial charge in [-0.25, -0.2) is 4.79 Å². The molecule has 5 nitrogen and oxygen atoms in total. The number of hydrogen-bond donors (Lipinski definition) is 0. The van der Waals surface area contributed by atoms with E-state index in [4.69, 9.17) is 9.47 Å². The van der Waals surface area contributed by atoms with E-state index in [1.807, 2.05) is 66.1 Å². The number of methoxy groups -OCH3 is 1. The smallest absolute Gasteiger partial charge is 0.343 e. The molecule has 0 N–H and O–H groups in total. The van der Waals surface area contributed by atoms with Crippen molar-refractivity contribution in [2.75, 3.05) is 13.7 Å². The molecular formula is C24H25NO4. The van der Waals surface area contributed by atoms with Gasteiger partial charge in [-0.2, -0.15) is 0 Å². The minimum absolute atomic E-state index is 0.101. The zero-order valence-electron chi connectivity index (χ0n) is 17.0. The van der Waals surface area contributed by atoms with Crippen molar-refractivity contribution >= 4 is 5.97 Å². The summed E-state index contributed by atoms with van der Waals surface area (Å²) in [6.45, 7) is 4.40. The van der Waals surface area contributed by atoms with E-state index in [1.165, 1.54) is 6.07 Å². The topological polar surface area (TPSA) is 57.5 Å². The number of esters is 1. The molecule has 5 heteroatoms. The standard InChI is InChI=1S/C24H25NO4/c1-4-29-24(27)23-21(15-18-10-12-20(28-3)13-11-18)25(17(2)14-22(23)26)16-19-8-6-5-7-9-19/h5-14H,4,15-16H2,1-3H3. The molecule has 0 spiro atoms. The number of benzene rings is 2. The van der Waals surface area contributed by atoms with Crippen molar-refractivity contribution in [1.29, 1.82) is 0 Å². The average Bonchev–Trinajstić information content (AvgIpc) is 2.72. The summed E-state index contributed by atoms with van der Waals surface area (Å²) in [5.74, 6) is 0.174. The Morgan fingerprint density at radius 2 is 1.69 bits per heavy atom. The van der Waals surface area contributed by atoms with Crippen LogP contribution in [0.5, 0.6) is 5.75 Å². The molecule has 0 fully saturated rings. The Bertz CT molecular complexity index is 1040. The molecule has 3 aromatic rings. The minimum Gasteiger partial charge on any atom is -0.497 e. The molecule has 0 aliphatic heterocycles. The van der Waals surface area contributed by atoms with E-state index < -0.39 is 5.97 Å². The Balaban J connectivity index is 2.13. The number of rotatable bonds is 7. The van der Waals surface area contributed by atoms with E-state index >= 15 is 0 Å². The van der Waals surface area contributed by atoms with Crippen LogP contribution < -0.4 is 10.2 Å². The number of carbonyl (C=O) groups is 1. The molecule has 1 aromatic heterocycles. The van der Waals surface area contributed by atoms with E-state index in [0.29, 0.717) is 18.7 Å². The van der Waals surface area contributed by atoms with Crippen LogP contribution in [0.3, 0.4) is 0 Å². The number of aryl methyl sites for hydroxylation is 1. The van der Waals surface area contributed by atoms with Gasteiger partial charge >= 0.3 is 5.97 Å². The Kier molecular flexibility index (Phi) is 6.50. The average molecular weight is 391 g/mol. The second kappa shape index (κ2) is 9.24. The summed E-state index contributed by atoms with van der Waals surface area (Å²) in [7, 11) is 1.62. The van der Waals surface area contributed by atoms with Gasteiger partial charge in [0.1, 0.15) is 11.3 Å². The van der Waals surface area contributed by atoms with Gasteiger partial charge in [0.05, 0.1) is 13.7 Å². The maximum atomic E-state index is 12.7. The first-order valence-corrected chi connectivity index (χ1v) is 9.60. The van der Waals surface area contributed by atoms with Gasteiger partial charge in [-0.05, 0) is 37.1 Å². The van der Waals surface area contributed by atoms with Gasteiger partial charge in [-0.3, -0.25) is 4.79 Å². The third-order valence-corrected chi connectivity index (χ3v) is 4.82. The predicted molar refractivity (Wildman–Crippen MR) is 113 cm³/mol. The summed E-state index contributed by atoms with van der Waals surface area (Å²) < 4.78 is 12.4. The van der Waals surface area contributed by atoms with E-state index in [-0.39, 0.29) is 17.6 Å². The maximum Gasteiger partial charge on any atom is 0.343 e. The lowest BCUT2D eigenvalue weighted by Gasteiger charge is -2.20. The van der Waals surface area contributed by atoms with E-state index in [2.05, 4.69) is 0 Å². The SMILES string of the molecule is CCOC(=O)c1c(Cc2ccc(OC)cc2)n(Cc2ccccc2)c(C)cc1=O. The van der Waals surface area contributed by atoms with Crippen molar-refractivity contribution in [3.05, 3.63) is 99.0 Å². The van der Waals surface area contributed by atoms with Crippen molar-refractivity contribution in [3.8, 4) is 5.75 Å². The zero-order chi connectivity index (χ0) is 20.8. The highest BCUT2D eigenvalue weighted by molar-refractivity contribution is 5.90. The van der Waals surface area contributed by atoms with Crippen LogP contribution in [-0.4, -0.2) is 24.3 Å². The molecular weight excluding hydrogens is 366 g/mol. The van der Waals surface area contributed by atoms with Gasteiger partial charge in [0.15, 0.2) is 5.43 Å². The highest BCUT2D eigenvalue weighted by Crippen LogP contribution is 2.19. The molecule has 2 aromatic carbocycles. The Morgan fingerprint density at radius 1 is 1.00 bits per heavy atom. The number of pyridine rings is 1. The number of carbonyl (C=O) groups excluding carboxylic acids is 1. The summed E-state index contributed by atoms with van der Waals surface area (Å²) in [6.07, 6.45) is 0.432. The van der Waals surface area contributed by atoms with Gasteiger partial charge in [0.2, 0.25) is 0 Å². The minimum atomic E-state index is -0.581. The number of nitrogens with zero attached hydrogens (tertiary/aromatic N) is 1. The molecule has 29 heavy (non-hydrogen) atoms. The van der Waals surface area contributed by atoms with Gasteiger partial charge in [-0.15, -0.1) is 0 Å². The second-order valence-electron chi connectivity index (χ2n) is 6.79. The van der Waals surface area contributed by atoms with Crippen LogP contribution in [-0.2, 0) is 17.7 Å². The van der Waals surface area contributed by atoms with Crippen molar-refractivity contribution in [1.82, 2.24) is 4.57 Å². The first-order valence-electron chi connectivity index (χ1n) is 9.60. The first kappa shape index (κ1) is 20.4. The second-order valence-corrected chi connectivity index (χ2v) is 6.79. The molecule has 0 saturated carbocycles. The number of hydrogen-bond acceptors (Lipinski definition) is 4. The van der Waals surface area contributed by atoms with Gasteiger partial charge in [-0.1, -0.05) is 42.5 Å². The van der Waals surface area contributed by atoms with Crippen LogP contribution in [0, 0.1) is 6.92 Å². The van der Waals surface area contributed by atoms with Crippen molar-refractivity contribution < 1.29 is 14.3 Å². The van der Waals surface area contributed by atoms with Gasteiger partial charge < -0.3 is 14.0 Å². The third kappa shape index (κ3) is 4.74. The van der Waals surface area contributed by atoms with Crippen LogP contribution in [0.1, 0.15) is 39.8 Å². The Hall–Kier alpha value is -3.34. The molecule has 0 saturated heterocycles. The summed E-state index contributed by atoms with van der Waals surface area (Å²) in [5.41, 5.74) is 3.31. The normalized spacial score (nSPS) is 10.6. The molecule has 0 aliphatic rings. The summed E-state index contributed by atoms with van der Waals surface area (Å²) in [4.78, 5) is 25.4. The summed E-state index contributed by atoms with van der Waals surface area (Å²) >= 11 is 0. The molecule has 0 atom stereocenters. The fraction of sp³-hybridized carbons (Fsp3) is 0.250. The molecule has 0 amide bonds. The van der Waals surface area contributed by atoms with Crippen molar-refractivity contribution in [3.63, 3.8) is 0 Å². The molecule has 0 unspecified atom stereocenters. The lowest BCUT2D eigenvalue weighted by atomic mass is 10.0. The van der Waals surface area contributed by atoms with Crippen LogP contribution in [0.25, 0.3) is 0 Å². The molecule has 1 heterocycles. The fourth-order valence-electron chi connectivity index (χ4n) is 3.36. The Labute approximate surface area is 170 Å².